The summed E-state index contributed by atoms with van der Waals surface area (Å²) < 4.78 is 5.33. The molecule has 4 amide bonds. The van der Waals surface area contributed by atoms with Crippen LogP contribution < -0.4 is 31.9 Å². The van der Waals surface area contributed by atoms with Crippen molar-refractivity contribution in [3.8, 4) is 0 Å². The van der Waals surface area contributed by atoms with Crippen LogP contribution in [0.3, 0.4) is 0 Å². The third-order valence-corrected chi connectivity index (χ3v) is 6.02. The molecular formula is C26H25N7O5. The van der Waals surface area contributed by atoms with E-state index in [0.717, 1.165) is 5.56 Å². The maximum Gasteiger partial charge on any atom is 0.335 e. The van der Waals surface area contributed by atoms with Crippen LogP contribution in [0.5, 0.6) is 0 Å². The maximum atomic E-state index is 12.9. The van der Waals surface area contributed by atoms with Crippen LogP contribution in [0.25, 0.3) is 0 Å². The number of hydrazine groups is 1. The quantitative estimate of drug-likeness (QED) is 0.326. The van der Waals surface area contributed by atoms with Gasteiger partial charge in [-0.25, -0.2) is 15.2 Å². The van der Waals surface area contributed by atoms with Crippen molar-refractivity contribution < 1.29 is 19.1 Å². The lowest BCUT2D eigenvalue weighted by Crippen LogP contribution is -2.52. The Morgan fingerprint density at radius 1 is 0.921 bits per heavy atom. The van der Waals surface area contributed by atoms with Crippen LogP contribution in [0.2, 0.25) is 0 Å². The summed E-state index contributed by atoms with van der Waals surface area (Å²) in [5, 5.41) is 5.27. The Hall–Kier alpha value is -4.97. The number of urea groups is 1. The number of nitrogens with zero attached hydrogens (tertiary/aromatic N) is 2. The van der Waals surface area contributed by atoms with Gasteiger partial charge in [-0.1, -0.05) is 48.5 Å². The largest absolute Gasteiger partial charge is 0.378 e. The number of amides is 4. The molecule has 1 fully saturated rings. The highest BCUT2D eigenvalue weighted by Crippen LogP contribution is 2.23. The fraction of sp³-hybridized carbons (Fsp3) is 0.192. The molecule has 0 aliphatic carbocycles. The highest BCUT2D eigenvalue weighted by Gasteiger charge is 2.27. The first-order valence-corrected chi connectivity index (χ1v) is 12.0. The average molecular weight is 516 g/mol. The van der Waals surface area contributed by atoms with Gasteiger partial charge in [-0.3, -0.25) is 19.8 Å². The lowest BCUT2D eigenvalue weighted by atomic mass is 10.0. The third kappa shape index (κ3) is 5.39. The van der Waals surface area contributed by atoms with Crippen molar-refractivity contribution in [3.63, 3.8) is 0 Å². The number of para-hydroxylation sites is 1. The Morgan fingerprint density at radius 2 is 1.66 bits per heavy atom. The molecule has 0 spiro atoms. The molecule has 0 radical (unpaired) electrons. The van der Waals surface area contributed by atoms with Crippen LogP contribution >= 0.6 is 0 Å². The van der Waals surface area contributed by atoms with Gasteiger partial charge in [-0.15, -0.1) is 0 Å². The number of anilines is 2. The number of morpholine rings is 1. The van der Waals surface area contributed by atoms with Gasteiger partial charge < -0.3 is 25.3 Å². The number of H-pyrrole nitrogens is 1. The van der Waals surface area contributed by atoms with E-state index >= 15 is 0 Å². The number of ether oxygens (including phenoxy) is 1. The number of hydrogen-bond acceptors (Lipinski definition) is 7. The zero-order valence-electron chi connectivity index (χ0n) is 20.2. The number of aliphatic imine (C=N–C) groups is 1. The van der Waals surface area contributed by atoms with Gasteiger partial charge in [0.05, 0.1) is 30.2 Å². The van der Waals surface area contributed by atoms with E-state index < -0.39 is 24.0 Å². The zero-order valence-corrected chi connectivity index (χ0v) is 20.2. The number of rotatable bonds is 4. The lowest BCUT2D eigenvalue weighted by molar-refractivity contribution is -0.117. The molecule has 5 N–H and O–H groups in total. The van der Waals surface area contributed by atoms with E-state index in [1.807, 2.05) is 47.4 Å². The van der Waals surface area contributed by atoms with E-state index in [1.54, 1.807) is 12.1 Å². The number of carbonyl (C=O) groups excluding carboxylic acids is 3. The Labute approximate surface area is 217 Å². The van der Waals surface area contributed by atoms with Crippen LogP contribution in [-0.2, 0) is 9.53 Å². The number of hydrogen-bond donors (Lipinski definition) is 5. The van der Waals surface area contributed by atoms with Gasteiger partial charge in [-0.2, -0.15) is 0 Å². The molecule has 2 aromatic carbocycles. The monoisotopic (exact) mass is 515 g/mol. The Kier molecular flexibility index (Phi) is 7.13. The number of fused-ring (bicyclic) bond motifs is 1. The molecule has 0 unspecified atom stereocenters. The number of pyridine rings is 1. The number of aromatic amines is 1. The predicted octanol–water partition coefficient (Wildman–Crippen LogP) is 0.971. The molecule has 12 heteroatoms. The summed E-state index contributed by atoms with van der Waals surface area (Å²) in [6, 6.07) is 18.3. The fourth-order valence-electron chi connectivity index (χ4n) is 4.21. The molecule has 5 rings (SSSR count). The van der Waals surface area contributed by atoms with E-state index in [1.165, 1.54) is 12.1 Å². The van der Waals surface area contributed by atoms with Gasteiger partial charge in [0.1, 0.15) is 5.82 Å². The Balaban J connectivity index is 1.31. The first-order valence-electron chi connectivity index (χ1n) is 12.0. The summed E-state index contributed by atoms with van der Waals surface area (Å²) in [4.78, 5) is 59.4. The van der Waals surface area contributed by atoms with Crippen LogP contribution in [0.15, 0.2) is 76.5 Å². The summed E-state index contributed by atoms with van der Waals surface area (Å²) in [7, 11) is 0. The SMILES string of the molecule is O=C(NNC(=O)c1ccc(=O)[nH]c1N1CCOCC1)N[C@H]1N=C(c2ccccc2)c2ccccc2NC1=O. The van der Waals surface area contributed by atoms with E-state index in [2.05, 4.69) is 31.5 Å². The third-order valence-electron chi connectivity index (χ3n) is 6.02. The molecule has 0 saturated carbocycles. The van der Waals surface area contributed by atoms with E-state index in [0.29, 0.717) is 49.1 Å². The average Bonchev–Trinajstić information content (AvgIpc) is 3.08. The molecule has 194 valence electrons. The van der Waals surface area contributed by atoms with Gasteiger partial charge in [0.25, 0.3) is 11.8 Å². The maximum absolute atomic E-state index is 12.9. The van der Waals surface area contributed by atoms with E-state index in [-0.39, 0.29) is 11.1 Å². The molecule has 38 heavy (non-hydrogen) atoms. The second-order valence-electron chi connectivity index (χ2n) is 8.52. The standard InChI is InChI=1S/C26H25N7O5/c34-20-11-10-18(23(28-20)33-12-14-38-15-13-33)24(35)31-32-26(37)30-22-25(36)27-19-9-5-4-8-17(19)21(29-22)16-6-2-1-3-7-16/h1-11,22H,12-15H2,(H,27,36)(H,28,34)(H,31,35)(H2,30,32,37)/t22-/m1/s1. The highest BCUT2D eigenvalue weighted by molar-refractivity contribution is 6.19. The van der Waals surface area contributed by atoms with Gasteiger partial charge in [0, 0.05) is 30.3 Å². The van der Waals surface area contributed by atoms with E-state index in [4.69, 9.17) is 4.74 Å². The number of nitrogens with one attached hydrogen (secondary N) is 5. The molecule has 3 heterocycles. The first-order chi connectivity index (χ1) is 18.5. The van der Waals surface area contributed by atoms with Crippen molar-refractivity contribution in [1.29, 1.82) is 0 Å². The molecule has 0 bridgehead atoms. The predicted molar refractivity (Wildman–Crippen MR) is 140 cm³/mol. The van der Waals surface area contributed by atoms with Gasteiger partial charge in [0.15, 0.2) is 0 Å². The number of carbonyl (C=O) groups is 3. The molecule has 1 saturated heterocycles. The highest BCUT2D eigenvalue weighted by atomic mass is 16.5. The summed E-state index contributed by atoms with van der Waals surface area (Å²) in [5.74, 6) is -0.859. The van der Waals surface area contributed by atoms with Crippen molar-refractivity contribution >= 4 is 35.1 Å². The van der Waals surface area contributed by atoms with Crippen LogP contribution in [0.4, 0.5) is 16.3 Å². The summed E-state index contributed by atoms with van der Waals surface area (Å²) in [6.07, 6.45) is -1.27. The summed E-state index contributed by atoms with van der Waals surface area (Å²) >= 11 is 0. The minimum Gasteiger partial charge on any atom is -0.378 e. The minimum absolute atomic E-state index is 0.166. The van der Waals surface area contributed by atoms with Crippen molar-refractivity contribution in [3.05, 3.63) is 93.8 Å². The number of benzodiazepines with no additional fused rings is 1. The molecular weight excluding hydrogens is 490 g/mol. The van der Waals surface area contributed by atoms with Crippen LogP contribution in [0.1, 0.15) is 21.5 Å². The topological polar surface area (TPSA) is 157 Å². The molecule has 2 aliphatic rings. The smallest absolute Gasteiger partial charge is 0.335 e. The molecule has 1 aromatic heterocycles. The summed E-state index contributed by atoms with van der Waals surface area (Å²) in [6.45, 7) is 1.90. The summed E-state index contributed by atoms with van der Waals surface area (Å²) in [5.41, 5.74) is 6.94. The minimum atomic E-state index is -1.27. The van der Waals surface area contributed by atoms with Crippen molar-refractivity contribution in [2.24, 2.45) is 4.99 Å². The fourth-order valence-corrected chi connectivity index (χ4v) is 4.21. The van der Waals surface area contributed by atoms with Gasteiger partial charge >= 0.3 is 6.03 Å². The van der Waals surface area contributed by atoms with Crippen molar-refractivity contribution in [2.45, 2.75) is 6.17 Å². The van der Waals surface area contributed by atoms with Crippen LogP contribution in [-0.4, -0.2) is 61.0 Å². The second kappa shape index (κ2) is 11.0. The molecule has 1 atom stereocenters. The zero-order chi connectivity index (χ0) is 26.5. The van der Waals surface area contributed by atoms with Gasteiger partial charge in [0.2, 0.25) is 11.7 Å². The van der Waals surface area contributed by atoms with Crippen molar-refractivity contribution in [2.75, 3.05) is 36.5 Å². The number of aromatic nitrogens is 1. The Morgan fingerprint density at radius 3 is 2.45 bits per heavy atom. The Bertz CT molecular complexity index is 1450. The van der Waals surface area contributed by atoms with Crippen molar-refractivity contribution in [1.82, 2.24) is 21.2 Å². The first kappa shape index (κ1) is 24.7. The van der Waals surface area contributed by atoms with Gasteiger partial charge in [-0.05, 0) is 12.1 Å². The normalized spacial score (nSPS) is 16.8. The lowest BCUT2D eigenvalue weighted by Gasteiger charge is -2.29. The number of benzene rings is 2. The van der Waals surface area contributed by atoms with Crippen LogP contribution in [0, 0.1) is 0 Å². The van der Waals surface area contributed by atoms with E-state index in [9.17, 15) is 19.2 Å². The molecule has 12 nitrogen and oxygen atoms in total. The molecule has 3 aromatic rings. The molecule has 2 aliphatic heterocycles. The second-order valence-corrected chi connectivity index (χ2v) is 8.52.